The van der Waals surface area contributed by atoms with Crippen molar-refractivity contribution in [3.63, 3.8) is 0 Å². The van der Waals surface area contributed by atoms with Crippen molar-refractivity contribution in [3.8, 4) is 6.07 Å². The Morgan fingerprint density at radius 3 is 2.89 bits per heavy atom. The van der Waals surface area contributed by atoms with Crippen molar-refractivity contribution >= 4 is 17.9 Å². The molecule has 0 heterocycles. The molecule has 0 saturated carbocycles. The van der Waals surface area contributed by atoms with Gasteiger partial charge in [-0.25, -0.2) is 9.79 Å². The van der Waals surface area contributed by atoms with Gasteiger partial charge in [-0.1, -0.05) is 19.4 Å². The third kappa shape index (κ3) is 4.02. The fourth-order valence-electron chi connectivity index (χ4n) is 1.53. The van der Waals surface area contributed by atoms with E-state index in [0.29, 0.717) is 17.9 Å². The minimum Gasteiger partial charge on any atom is -0.462 e. The molecule has 0 radical (unpaired) electrons. The topological polar surface area (TPSA) is 62.4 Å². The molecule has 0 N–H and O–H groups in total. The van der Waals surface area contributed by atoms with Crippen LogP contribution in [0.25, 0.3) is 0 Å². The van der Waals surface area contributed by atoms with Gasteiger partial charge in [0.15, 0.2) is 0 Å². The number of aliphatic imine (C=N–C) groups is 1. The lowest BCUT2D eigenvalue weighted by molar-refractivity contribution is -0.134. The minimum atomic E-state index is -0.501. The highest BCUT2D eigenvalue weighted by atomic mass is 16.5. The molecule has 0 amide bonds. The second-order valence-corrected chi connectivity index (χ2v) is 3.72. The van der Waals surface area contributed by atoms with Crippen LogP contribution in [0.5, 0.6) is 0 Å². The van der Waals surface area contributed by atoms with Gasteiger partial charge in [-0.2, -0.15) is 5.26 Å². The van der Waals surface area contributed by atoms with Gasteiger partial charge in [0.1, 0.15) is 12.3 Å². The molecule has 18 heavy (non-hydrogen) atoms. The van der Waals surface area contributed by atoms with Crippen LogP contribution in [-0.4, -0.2) is 18.8 Å². The molecule has 0 aliphatic carbocycles. The summed E-state index contributed by atoms with van der Waals surface area (Å²) in [5, 5.41) is 9.04. The summed E-state index contributed by atoms with van der Waals surface area (Å²) in [6, 6.07) is 7.56. The molecule has 0 aromatic heterocycles. The maximum Gasteiger partial charge on any atom is 0.349 e. The molecule has 0 atom stereocenters. The number of esters is 1. The van der Waals surface area contributed by atoms with Gasteiger partial charge < -0.3 is 4.74 Å². The highest BCUT2D eigenvalue weighted by Gasteiger charge is 2.03. The Morgan fingerprint density at radius 2 is 2.28 bits per heavy atom. The van der Waals surface area contributed by atoms with Gasteiger partial charge in [0.25, 0.3) is 0 Å². The molecule has 0 bridgehead atoms. The molecule has 1 rings (SSSR count). The lowest BCUT2D eigenvalue weighted by Gasteiger charge is -2.02. The van der Waals surface area contributed by atoms with E-state index < -0.39 is 5.97 Å². The molecule has 1 aromatic carbocycles. The number of aryl methyl sites for hydroxylation is 1. The number of carbonyl (C=O) groups is 1. The van der Waals surface area contributed by atoms with E-state index in [-0.39, 0.29) is 0 Å². The van der Waals surface area contributed by atoms with Crippen molar-refractivity contribution in [2.75, 3.05) is 6.61 Å². The largest absolute Gasteiger partial charge is 0.462 e. The Kier molecular flexibility index (Phi) is 5.59. The number of hydrogen-bond donors (Lipinski definition) is 0. The quantitative estimate of drug-likeness (QED) is 0.591. The molecule has 94 valence electrons. The maximum absolute atomic E-state index is 11.1. The number of ether oxygens (including phenoxy) is 1. The number of rotatable bonds is 5. The van der Waals surface area contributed by atoms with E-state index in [9.17, 15) is 4.79 Å². The average Bonchev–Trinajstić information content (AvgIpc) is 2.37. The Bertz CT molecular complexity index is 487. The zero-order valence-corrected chi connectivity index (χ0v) is 10.6. The molecule has 0 unspecified atom stereocenters. The lowest BCUT2D eigenvalue weighted by atomic mass is 10.1. The van der Waals surface area contributed by atoms with Gasteiger partial charge in [-0.3, -0.25) is 0 Å². The van der Waals surface area contributed by atoms with Gasteiger partial charge in [-0.15, -0.1) is 0 Å². The van der Waals surface area contributed by atoms with E-state index in [2.05, 4.69) is 18.0 Å². The van der Waals surface area contributed by atoms with Gasteiger partial charge >= 0.3 is 5.97 Å². The van der Waals surface area contributed by atoms with Crippen LogP contribution in [0.2, 0.25) is 0 Å². The van der Waals surface area contributed by atoms with E-state index in [1.807, 2.05) is 6.07 Å². The van der Waals surface area contributed by atoms with E-state index in [1.54, 1.807) is 19.1 Å². The second-order valence-electron chi connectivity index (χ2n) is 3.72. The monoisotopic (exact) mass is 244 g/mol. The van der Waals surface area contributed by atoms with Crippen molar-refractivity contribution in [1.29, 1.82) is 5.26 Å². The summed E-state index contributed by atoms with van der Waals surface area (Å²) in [7, 11) is 0. The van der Waals surface area contributed by atoms with Crippen LogP contribution in [-0.2, 0) is 16.0 Å². The molecule has 0 aliphatic heterocycles. The third-order valence-electron chi connectivity index (χ3n) is 2.32. The Balaban J connectivity index is 2.90. The SMILES string of the molecule is CCCc1ccc(N=CC(=O)OCC)c(C#N)c1. The van der Waals surface area contributed by atoms with E-state index in [4.69, 9.17) is 10.00 Å². The highest BCUT2D eigenvalue weighted by Crippen LogP contribution is 2.20. The Labute approximate surface area is 107 Å². The summed E-state index contributed by atoms with van der Waals surface area (Å²) in [5.41, 5.74) is 2.07. The first kappa shape index (κ1) is 13.9. The van der Waals surface area contributed by atoms with E-state index in [0.717, 1.165) is 24.6 Å². The molecule has 0 aliphatic rings. The van der Waals surface area contributed by atoms with Crippen LogP contribution in [0.4, 0.5) is 5.69 Å². The molecule has 4 heteroatoms. The summed E-state index contributed by atoms with van der Waals surface area (Å²) in [5.74, 6) is -0.501. The Morgan fingerprint density at radius 1 is 1.50 bits per heavy atom. The average molecular weight is 244 g/mol. The minimum absolute atomic E-state index is 0.311. The van der Waals surface area contributed by atoms with Gasteiger partial charge in [0.05, 0.1) is 17.9 Å². The fourth-order valence-corrected chi connectivity index (χ4v) is 1.53. The highest BCUT2D eigenvalue weighted by molar-refractivity contribution is 6.23. The smallest absolute Gasteiger partial charge is 0.349 e. The van der Waals surface area contributed by atoms with E-state index in [1.165, 1.54) is 0 Å². The summed E-state index contributed by atoms with van der Waals surface area (Å²) >= 11 is 0. The standard InChI is InChI=1S/C14H16N2O2/c1-3-5-11-6-7-13(12(8-11)9-15)16-10-14(17)18-4-2/h6-8,10H,3-5H2,1-2H3. The van der Waals surface area contributed by atoms with Gasteiger partial charge in [0.2, 0.25) is 0 Å². The van der Waals surface area contributed by atoms with Crippen LogP contribution in [0.3, 0.4) is 0 Å². The summed E-state index contributed by atoms with van der Waals surface area (Å²) < 4.78 is 4.73. The summed E-state index contributed by atoms with van der Waals surface area (Å²) in [6.07, 6.45) is 3.05. The van der Waals surface area contributed by atoms with Crippen LogP contribution in [0.15, 0.2) is 23.2 Å². The van der Waals surface area contributed by atoms with Gasteiger partial charge in [-0.05, 0) is 31.0 Å². The van der Waals surface area contributed by atoms with Crippen molar-refractivity contribution < 1.29 is 9.53 Å². The number of carbonyl (C=O) groups excluding carboxylic acids is 1. The van der Waals surface area contributed by atoms with Crippen molar-refractivity contribution in [2.24, 2.45) is 4.99 Å². The first-order chi connectivity index (χ1) is 8.71. The second kappa shape index (κ2) is 7.23. The molecule has 0 spiro atoms. The molecular weight excluding hydrogens is 228 g/mol. The number of hydrogen-bond acceptors (Lipinski definition) is 4. The molecule has 0 saturated heterocycles. The number of nitriles is 1. The summed E-state index contributed by atoms with van der Waals surface area (Å²) in [4.78, 5) is 15.1. The predicted molar refractivity (Wildman–Crippen MR) is 69.9 cm³/mol. The van der Waals surface area contributed by atoms with Crippen molar-refractivity contribution in [2.45, 2.75) is 26.7 Å². The number of benzene rings is 1. The predicted octanol–water partition coefficient (Wildman–Crippen LogP) is 2.78. The molecule has 0 fully saturated rings. The molecule has 1 aromatic rings. The number of nitrogens with zero attached hydrogens (tertiary/aromatic N) is 2. The fraction of sp³-hybridized carbons (Fsp3) is 0.357. The first-order valence-corrected chi connectivity index (χ1v) is 5.95. The summed E-state index contributed by atoms with van der Waals surface area (Å²) in [6.45, 7) is 4.12. The van der Waals surface area contributed by atoms with Crippen LogP contribution in [0, 0.1) is 11.3 Å². The molecular formula is C14H16N2O2. The van der Waals surface area contributed by atoms with Crippen molar-refractivity contribution in [1.82, 2.24) is 0 Å². The van der Waals surface area contributed by atoms with Crippen LogP contribution in [0.1, 0.15) is 31.4 Å². The van der Waals surface area contributed by atoms with Crippen LogP contribution >= 0.6 is 0 Å². The zero-order valence-electron chi connectivity index (χ0n) is 10.6. The Hall–Kier alpha value is -2.15. The normalized spacial score (nSPS) is 10.3. The molecule has 4 nitrogen and oxygen atoms in total. The van der Waals surface area contributed by atoms with E-state index >= 15 is 0 Å². The van der Waals surface area contributed by atoms with Gasteiger partial charge in [0, 0.05) is 0 Å². The van der Waals surface area contributed by atoms with Crippen molar-refractivity contribution in [3.05, 3.63) is 29.3 Å². The van der Waals surface area contributed by atoms with Crippen LogP contribution < -0.4 is 0 Å². The zero-order chi connectivity index (χ0) is 13.4. The lowest BCUT2D eigenvalue weighted by Crippen LogP contribution is -2.04. The first-order valence-electron chi connectivity index (χ1n) is 5.95. The third-order valence-corrected chi connectivity index (χ3v) is 2.32. The maximum atomic E-state index is 11.1.